The normalized spacial score (nSPS) is 12.8. The summed E-state index contributed by atoms with van der Waals surface area (Å²) in [4.78, 5) is 45.9. The molecule has 1 aromatic rings. The van der Waals surface area contributed by atoms with Crippen LogP contribution in [0.1, 0.15) is 20.7 Å². The van der Waals surface area contributed by atoms with Crippen molar-refractivity contribution < 1.29 is 29.4 Å². The number of carbonyl (C=O) groups is 4. The van der Waals surface area contributed by atoms with Gasteiger partial charge in [-0.15, -0.1) is 0 Å². The summed E-state index contributed by atoms with van der Waals surface area (Å²) < 4.78 is 0. The van der Waals surface area contributed by atoms with Crippen molar-refractivity contribution in [1.29, 1.82) is 0 Å². The largest absolute Gasteiger partial charge is 0.480 e. The maximum atomic E-state index is 12.0. The van der Waals surface area contributed by atoms with E-state index in [4.69, 9.17) is 10.2 Å². The molecule has 0 aromatic heterocycles. The van der Waals surface area contributed by atoms with Crippen molar-refractivity contribution in [3.63, 3.8) is 0 Å². The van der Waals surface area contributed by atoms with E-state index < -0.39 is 35.8 Å². The Kier molecular flexibility index (Phi) is 7.59. The van der Waals surface area contributed by atoms with E-state index >= 15 is 0 Å². The molecule has 0 aliphatic heterocycles. The molecule has 0 fully saturated rings. The third kappa shape index (κ3) is 5.46. The molecule has 1 aromatic carbocycles. The zero-order valence-electron chi connectivity index (χ0n) is 12.3. The molecule has 0 radical (unpaired) electrons. The standard InChI is InChI=1S/C14H16N2O6S2/c17-11(15-9(5-23)13(19)20)7-2-1-3-8(4-7)12(18)16-10(6-24)14(21)22/h1-4,9-10,23-24H,5-6H2,(H,15,17)(H,16,18)(H,19,20)(H,21,22). The summed E-state index contributed by atoms with van der Waals surface area (Å²) in [5.41, 5.74) is 0.127. The second-order valence-electron chi connectivity index (χ2n) is 4.67. The van der Waals surface area contributed by atoms with E-state index in [-0.39, 0.29) is 22.6 Å². The van der Waals surface area contributed by atoms with Crippen molar-refractivity contribution in [3.8, 4) is 0 Å². The van der Waals surface area contributed by atoms with Gasteiger partial charge >= 0.3 is 11.9 Å². The van der Waals surface area contributed by atoms with E-state index in [9.17, 15) is 19.2 Å². The third-order valence-corrected chi connectivity index (χ3v) is 3.69. The molecule has 0 spiro atoms. The third-order valence-electron chi connectivity index (χ3n) is 2.96. The van der Waals surface area contributed by atoms with Crippen LogP contribution in [0.4, 0.5) is 0 Å². The first-order chi connectivity index (χ1) is 11.3. The molecule has 2 amide bonds. The molecular formula is C14H16N2O6S2. The van der Waals surface area contributed by atoms with Gasteiger partial charge in [0.15, 0.2) is 0 Å². The molecule has 0 saturated carbocycles. The summed E-state index contributed by atoms with van der Waals surface area (Å²) in [5, 5.41) is 22.3. The first-order valence-corrected chi connectivity index (χ1v) is 7.95. The lowest BCUT2D eigenvalue weighted by atomic mass is 10.1. The molecular weight excluding hydrogens is 356 g/mol. The Morgan fingerprint density at radius 3 is 1.54 bits per heavy atom. The molecule has 10 heteroatoms. The van der Waals surface area contributed by atoms with E-state index in [1.165, 1.54) is 24.3 Å². The highest BCUT2D eigenvalue weighted by Gasteiger charge is 2.21. The fourth-order valence-electron chi connectivity index (χ4n) is 1.66. The van der Waals surface area contributed by atoms with Gasteiger partial charge in [-0.3, -0.25) is 9.59 Å². The summed E-state index contributed by atoms with van der Waals surface area (Å²) in [6, 6.07) is 3.13. The molecule has 2 unspecified atom stereocenters. The molecule has 24 heavy (non-hydrogen) atoms. The highest BCUT2D eigenvalue weighted by molar-refractivity contribution is 7.80. The van der Waals surface area contributed by atoms with Crippen LogP contribution in [0, 0.1) is 0 Å². The van der Waals surface area contributed by atoms with Crippen LogP contribution in [0.2, 0.25) is 0 Å². The average molecular weight is 372 g/mol. The number of rotatable bonds is 8. The van der Waals surface area contributed by atoms with Crippen LogP contribution in [0.5, 0.6) is 0 Å². The van der Waals surface area contributed by atoms with Crippen LogP contribution in [0.25, 0.3) is 0 Å². The highest BCUT2D eigenvalue weighted by Crippen LogP contribution is 2.07. The SMILES string of the molecule is O=C(NC(CS)C(=O)O)c1cccc(C(=O)NC(CS)C(=O)O)c1. The van der Waals surface area contributed by atoms with Gasteiger partial charge in [-0.25, -0.2) is 9.59 Å². The fraction of sp³-hybridized carbons (Fsp3) is 0.286. The van der Waals surface area contributed by atoms with Crippen molar-refractivity contribution in [2.75, 3.05) is 11.5 Å². The van der Waals surface area contributed by atoms with E-state index in [1.807, 2.05) is 0 Å². The van der Waals surface area contributed by atoms with Gasteiger partial charge in [0.05, 0.1) is 0 Å². The Labute approximate surface area is 148 Å². The zero-order chi connectivity index (χ0) is 18.3. The molecule has 1 rings (SSSR count). The number of amides is 2. The minimum absolute atomic E-state index is 0.0634. The average Bonchev–Trinajstić information content (AvgIpc) is 2.56. The van der Waals surface area contributed by atoms with Crippen LogP contribution in [0.15, 0.2) is 24.3 Å². The van der Waals surface area contributed by atoms with Gasteiger partial charge in [-0.1, -0.05) is 6.07 Å². The monoisotopic (exact) mass is 372 g/mol. The number of carboxylic acids is 2. The van der Waals surface area contributed by atoms with Gasteiger partial charge in [0.1, 0.15) is 12.1 Å². The van der Waals surface area contributed by atoms with Gasteiger partial charge < -0.3 is 20.8 Å². The van der Waals surface area contributed by atoms with E-state index in [1.54, 1.807) is 0 Å². The second kappa shape index (κ2) is 9.18. The molecule has 130 valence electrons. The fourth-order valence-corrected chi connectivity index (χ4v) is 2.15. The number of hydrogen-bond acceptors (Lipinski definition) is 6. The number of carbonyl (C=O) groups excluding carboxylic acids is 2. The predicted molar refractivity (Wildman–Crippen MR) is 91.9 cm³/mol. The van der Waals surface area contributed by atoms with Crippen molar-refractivity contribution >= 4 is 49.0 Å². The van der Waals surface area contributed by atoms with Gasteiger partial charge in [0, 0.05) is 22.6 Å². The van der Waals surface area contributed by atoms with Gasteiger partial charge in [0.2, 0.25) is 0 Å². The van der Waals surface area contributed by atoms with E-state index in [0.29, 0.717) is 0 Å². The molecule has 0 aliphatic carbocycles. The smallest absolute Gasteiger partial charge is 0.327 e. The molecule has 4 N–H and O–H groups in total. The molecule has 0 saturated heterocycles. The maximum Gasteiger partial charge on any atom is 0.327 e. The van der Waals surface area contributed by atoms with Crippen LogP contribution in [-0.2, 0) is 9.59 Å². The second-order valence-corrected chi connectivity index (χ2v) is 5.40. The maximum absolute atomic E-state index is 12.0. The molecule has 0 heterocycles. The molecule has 2 atom stereocenters. The first kappa shape index (κ1) is 19.8. The van der Waals surface area contributed by atoms with Crippen molar-refractivity contribution in [2.45, 2.75) is 12.1 Å². The minimum atomic E-state index is -1.23. The van der Waals surface area contributed by atoms with Crippen LogP contribution < -0.4 is 10.6 Å². The Morgan fingerprint density at radius 1 is 0.875 bits per heavy atom. The van der Waals surface area contributed by atoms with Crippen molar-refractivity contribution in [1.82, 2.24) is 10.6 Å². The number of thiol groups is 2. The topological polar surface area (TPSA) is 133 Å². The minimum Gasteiger partial charge on any atom is -0.480 e. The Bertz CT molecular complexity index is 601. The van der Waals surface area contributed by atoms with Crippen molar-refractivity contribution in [3.05, 3.63) is 35.4 Å². The summed E-state index contributed by atoms with van der Waals surface area (Å²) in [7, 11) is 0. The number of carboxylic acid groups (broad SMARTS) is 2. The van der Waals surface area contributed by atoms with Gasteiger partial charge in [-0.2, -0.15) is 25.3 Å². The van der Waals surface area contributed by atoms with E-state index in [0.717, 1.165) is 0 Å². The number of nitrogens with one attached hydrogen (secondary N) is 2. The van der Waals surface area contributed by atoms with Crippen molar-refractivity contribution in [2.24, 2.45) is 0 Å². The number of aliphatic carboxylic acids is 2. The summed E-state index contributed by atoms with van der Waals surface area (Å²) >= 11 is 7.68. The molecule has 8 nitrogen and oxygen atoms in total. The van der Waals surface area contributed by atoms with Gasteiger partial charge in [0.25, 0.3) is 11.8 Å². The zero-order valence-corrected chi connectivity index (χ0v) is 14.1. The highest BCUT2D eigenvalue weighted by atomic mass is 32.1. The quantitative estimate of drug-likeness (QED) is 0.354. The Morgan fingerprint density at radius 2 is 1.25 bits per heavy atom. The van der Waals surface area contributed by atoms with Crippen LogP contribution in [0.3, 0.4) is 0 Å². The Hall–Kier alpha value is -2.20. The van der Waals surface area contributed by atoms with Crippen LogP contribution >= 0.6 is 25.3 Å². The lowest BCUT2D eigenvalue weighted by Crippen LogP contribution is -2.43. The lowest BCUT2D eigenvalue weighted by Gasteiger charge is -2.14. The first-order valence-electron chi connectivity index (χ1n) is 6.69. The van der Waals surface area contributed by atoms with Gasteiger partial charge in [-0.05, 0) is 18.2 Å². The predicted octanol–water partition coefficient (Wildman–Crippen LogP) is -0.0878. The number of hydrogen-bond donors (Lipinski definition) is 6. The molecule has 0 aliphatic rings. The summed E-state index contributed by atoms with van der Waals surface area (Å²) in [5.74, 6) is -4.02. The summed E-state index contributed by atoms with van der Waals surface area (Å²) in [6.07, 6.45) is 0. The number of benzene rings is 1. The Balaban J connectivity index is 2.89. The lowest BCUT2D eigenvalue weighted by molar-refractivity contribution is -0.139. The molecule has 0 bridgehead atoms. The van der Waals surface area contributed by atoms with Crippen LogP contribution in [-0.4, -0.2) is 57.6 Å². The summed E-state index contributed by atoms with van der Waals surface area (Å²) in [6.45, 7) is 0. The van der Waals surface area contributed by atoms with E-state index in [2.05, 4.69) is 35.9 Å².